The van der Waals surface area contributed by atoms with Gasteiger partial charge in [0.1, 0.15) is 0 Å². The van der Waals surface area contributed by atoms with E-state index in [1.165, 1.54) is 64.8 Å². The highest BCUT2D eigenvalue weighted by Gasteiger charge is 2.17. The van der Waals surface area contributed by atoms with Crippen LogP contribution in [0.3, 0.4) is 0 Å². The lowest BCUT2D eigenvalue weighted by Gasteiger charge is -2.30. The number of guanidine groups is 1. The van der Waals surface area contributed by atoms with Crippen molar-refractivity contribution in [3.8, 4) is 0 Å². The van der Waals surface area contributed by atoms with Crippen molar-refractivity contribution in [2.24, 2.45) is 16.8 Å². The summed E-state index contributed by atoms with van der Waals surface area (Å²) >= 11 is 0. The van der Waals surface area contributed by atoms with E-state index in [4.69, 9.17) is 0 Å². The molecule has 0 aromatic carbocycles. The minimum absolute atomic E-state index is 0. The van der Waals surface area contributed by atoms with E-state index in [2.05, 4.69) is 39.4 Å². The third-order valence-electron chi connectivity index (χ3n) is 5.44. The van der Waals surface area contributed by atoms with E-state index in [9.17, 15) is 0 Å². The molecule has 2 rings (SSSR count). The maximum Gasteiger partial charge on any atom is 0.190 e. The molecule has 0 radical (unpaired) electrons. The number of halogens is 1. The molecule has 0 aromatic rings. The Balaban J connectivity index is 0.00000288. The molecule has 2 aliphatic heterocycles. The SMILES string of the molecule is CN=C(NCCCN1CCC(C)CC1)NCC1CCN(C)CC1.I. The maximum atomic E-state index is 4.35. The molecule has 24 heavy (non-hydrogen) atoms. The number of likely N-dealkylation sites (tertiary alicyclic amines) is 2. The molecule has 2 fully saturated rings. The van der Waals surface area contributed by atoms with E-state index < -0.39 is 0 Å². The molecule has 0 atom stereocenters. The number of nitrogens with zero attached hydrogens (tertiary/aromatic N) is 3. The third-order valence-corrected chi connectivity index (χ3v) is 5.44. The summed E-state index contributed by atoms with van der Waals surface area (Å²) in [5, 5.41) is 6.97. The zero-order valence-electron chi connectivity index (χ0n) is 15.9. The van der Waals surface area contributed by atoms with Crippen LogP contribution in [0.1, 0.15) is 39.0 Å². The van der Waals surface area contributed by atoms with Gasteiger partial charge >= 0.3 is 0 Å². The van der Waals surface area contributed by atoms with Crippen LogP contribution in [0.15, 0.2) is 4.99 Å². The first-order valence-electron chi connectivity index (χ1n) is 9.52. The van der Waals surface area contributed by atoms with E-state index in [1.807, 2.05) is 7.05 Å². The summed E-state index contributed by atoms with van der Waals surface area (Å²) in [5.41, 5.74) is 0. The zero-order valence-corrected chi connectivity index (χ0v) is 18.2. The zero-order chi connectivity index (χ0) is 16.5. The van der Waals surface area contributed by atoms with Crippen LogP contribution in [0.2, 0.25) is 0 Å². The van der Waals surface area contributed by atoms with Crippen molar-refractivity contribution in [3.63, 3.8) is 0 Å². The molecule has 2 heterocycles. The van der Waals surface area contributed by atoms with E-state index in [0.717, 1.165) is 30.9 Å². The van der Waals surface area contributed by atoms with Crippen molar-refractivity contribution in [1.82, 2.24) is 20.4 Å². The molecule has 5 nitrogen and oxygen atoms in total. The van der Waals surface area contributed by atoms with Crippen molar-refractivity contribution in [2.75, 3.05) is 59.9 Å². The Morgan fingerprint density at radius 1 is 1.04 bits per heavy atom. The van der Waals surface area contributed by atoms with Gasteiger partial charge in [-0.3, -0.25) is 4.99 Å². The number of hydrogen-bond donors (Lipinski definition) is 2. The Morgan fingerprint density at radius 2 is 1.71 bits per heavy atom. The molecule has 0 unspecified atom stereocenters. The van der Waals surface area contributed by atoms with E-state index >= 15 is 0 Å². The summed E-state index contributed by atoms with van der Waals surface area (Å²) in [6.45, 7) is 10.7. The van der Waals surface area contributed by atoms with E-state index in [1.54, 1.807) is 0 Å². The summed E-state index contributed by atoms with van der Waals surface area (Å²) in [5.74, 6) is 2.68. The van der Waals surface area contributed by atoms with Crippen LogP contribution in [0.5, 0.6) is 0 Å². The second kappa shape index (κ2) is 12.3. The lowest BCUT2D eigenvalue weighted by atomic mass is 9.97. The van der Waals surface area contributed by atoms with Gasteiger partial charge in [-0.1, -0.05) is 6.92 Å². The van der Waals surface area contributed by atoms with E-state index in [-0.39, 0.29) is 24.0 Å². The summed E-state index contributed by atoms with van der Waals surface area (Å²) in [6.07, 6.45) is 6.53. The minimum atomic E-state index is 0. The lowest BCUT2D eigenvalue weighted by molar-refractivity contribution is 0.191. The highest BCUT2D eigenvalue weighted by atomic mass is 127. The fraction of sp³-hybridized carbons (Fsp3) is 0.944. The highest BCUT2D eigenvalue weighted by Crippen LogP contribution is 2.16. The summed E-state index contributed by atoms with van der Waals surface area (Å²) in [6, 6.07) is 0. The Hall–Kier alpha value is -0.0800. The number of hydrogen-bond acceptors (Lipinski definition) is 3. The first kappa shape index (κ1) is 22.0. The monoisotopic (exact) mass is 451 g/mol. The maximum absolute atomic E-state index is 4.35. The molecule has 0 aromatic heterocycles. The predicted octanol–water partition coefficient (Wildman–Crippen LogP) is 2.23. The molecule has 6 heteroatoms. The summed E-state index contributed by atoms with van der Waals surface area (Å²) in [7, 11) is 4.09. The predicted molar refractivity (Wildman–Crippen MR) is 114 cm³/mol. The Kier molecular flexibility index (Phi) is 11.3. The van der Waals surface area contributed by atoms with Gasteiger partial charge in [-0.2, -0.15) is 0 Å². The molecule has 0 amide bonds. The van der Waals surface area contributed by atoms with Gasteiger partial charge in [-0.15, -0.1) is 24.0 Å². The van der Waals surface area contributed by atoms with E-state index in [0.29, 0.717) is 0 Å². The van der Waals surface area contributed by atoms with Crippen LogP contribution in [-0.2, 0) is 0 Å². The first-order chi connectivity index (χ1) is 11.2. The minimum Gasteiger partial charge on any atom is -0.356 e. The van der Waals surface area contributed by atoms with Gasteiger partial charge < -0.3 is 20.4 Å². The van der Waals surface area contributed by atoms with Crippen LogP contribution < -0.4 is 10.6 Å². The summed E-state index contributed by atoms with van der Waals surface area (Å²) in [4.78, 5) is 9.38. The standard InChI is InChI=1S/C18H37N5.HI/c1-16-5-13-23(14-6-16)10-4-9-20-18(19-2)21-15-17-7-11-22(3)12-8-17;/h16-17H,4-15H2,1-3H3,(H2,19,20,21);1H. The molecule has 0 aliphatic carbocycles. The average Bonchev–Trinajstić information content (AvgIpc) is 2.57. The molecule has 142 valence electrons. The Bertz CT molecular complexity index is 347. The molecule has 0 bridgehead atoms. The molecule has 0 saturated carbocycles. The largest absolute Gasteiger partial charge is 0.356 e. The fourth-order valence-electron chi connectivity index (χ4n) is 3.52. The lowest BCUT2D eigenvalue weighted by Crippen LogP contribution is -2.43. The van der Waals surface area contributed by atoms with Gasteiger partial charge in [0.2, 0.25) is 0 Å². The van der Waals surface area contributed by atoms with Crippen molar-refractivity contribution in [1.29, 1.82) is 0 Å². The summed E-state index contributed by atoms with van der Waals surface area (Å²) < 4.78 is 0. The van der Waals surface area contributed by atoms with Crippen LogP contribution in [-0.4, -0.2) is 75.7 Å². The Labute approximate surface area is 166 Å². The number of rotatable bonds is 6. The second-order valence-electron chi connectivity index (χ2n) is 7.50. The normalized spacial score (nSPS) is 22.2. The topological polar surface area (TPSA) is 42.9 Å². The Morgan fingerprint density at radius 3 is 2.33 bits per heavy atom. The third kappa shape index (κ3) is 8.34. The van der Waals surface area contributed by atoms with Gasteiger partial charge in [-0.25, -0.2) is 0 Å². The first-order valence-corrected chi connectivity index (χ1v) is 9.52. The van der Waals surface area contributed by atoms with Gasteiger partial charge in [-0.05, 0) is 83.7 Å². The second-order valence-corrected chi connectivity index (χ2v) is 7.50. The quantitative estimate of drug-likeness (QED) is 0.281. The van der Waals surface area contributed by atoms with Gasteiger partial charge in [0.25, 0.3) is 0 Å². The molecule has 2 aliphatic rings. The molecular formula is C18H38IN5. The molecule has 2 N–H and O–H groups in total. The molecular weight excluding hydrogens is 413 g/mol. The number of nitrogens with one attached hydrogen (secondary N) is 2. The number of aliphatic imine (C=N–C) groups is 1. The molecule has 2 saturated heterocycles. The van der Waals surface area contributed by atoms with Crippen LogP contribution in [0.4, 0.5) is 0 Å². The van der Waals surface area contributed by atoms with Crippen molar-refractivity contribution >= 4 is 29.9 Å². The van der Waals surface area contributed by atoms with Gasteiger partial charge in [0, 0.05) is 20.1 Å². The fourth-order valence-corrected chi connectivity index (χ4v) is 3.52. The van der Waals surface area contributed by atoms with Crippen LogP contribution in [0.25, 0.3) is 0 Å². The number of piperidine rings is 2. The van der Waals surface area contributed by atoms with Gasteiger partial charge in [0.15, 0.2) is 5.96 Å². The van der Waals surface area contributed by atoms with Crippen molar-refractivity contribution in [3.05, 3.63) is 0 Å². The smallest absolute Gasteiger partial charge is 0.190 e. The van der Waals surface area contributed by atoms with Gasteiger partial charge in [0.05, 0.1) is 0 Å². The van der Waals surface area contributed by atoms with Crippen molar-refractivity contribution in [2.45, 2.75) is 39.0 Å². The highest BCUT2D eigenvalue weighted by molar-refractivity contribution is 14.0. The van der Waals surface area contributed by atoms with Crippen LogP contribution >= 0.6 is 24.0 Å². The molecule has 0 spiro atoms. The van der Waals surface area contributed by atoms with Crippen molar-refractivity contribution < 1.29 is 0 Å². The van der Waals surface area contributed by atoms with Crippen LogP contribution in [0, 0.1) is 11.8 Å². The average molecular weight is 451 g/mol.